The van der Waals surface area contributed by atoms with Crippen LogP contribution in [0.1, 0.15) is 29.7 Å². The number of nitrogens with zero attached hydrogens (tertiary/aromatic N) is 5. The number of hydrogen-bond acceptors (Lipinski definition) is 7. The van der Waals surface area contributed by atoms with Crippen molar-refractivity contribution in [2.24, 2.45) is 4.99 Å². The number of aromatic hydroxyl groups is 1. The molecule has 1 aromatic carbocycles. The second-order valence-corrected chi connectivity index (χ2v) is 7.58. The predicted octanol–water partition coefficient (Wildman–Crippen LogP) is 1.09. The first kappa shape index (κ1) is 20.7. The standard InChI is InChI=1S/C20H17F3N8O2/c21-20(22,23)12-3-1-2-10(6-12)8-24-17-28-15-11(7-14-16(32)29-19(33)27-14)9-25-31(15)18(30-17)26-13-4-5-13/h1-3,6-7,9,13,32H,4-5,8H2,(H,24,26,30)(H2,27,29,33)/b11-7+. The lowest BCUT2D eigenvalue weighted by Gasteiger charge is -2.09. The average molecular weight is 458 g/mol. The van der Waals surface area contributed by atoms with E-state index in [9.17, 15) is 23.1 Å². The molecule has 1 saturated carbocycles. The molecular formula is C20H17F3N8O2. The van der Waals surface area contributed by atoms with Crippen molar-refractivity contribution < 1.29 is 18.3 Å². The van der Waals surface area contributed by atoms with Gasteiger partial charge >= 0.3 is 11.9 Å². The molecule has 13 heteroatoms. The van der Waals surface area contributed by atoms with Crippen molar-refractivity contribution in [3.63, 3.8) is 0 Å². The fourth-order valence-electron chi connectivity index (χ4n) is 3.20. The maximum Gasteiger partial charge on any atom is 0.416 e. The number of H-pyrrole nitrogens is 2. The zero-order valence-electron chi connectivity index (χ0n) is 16.9. The van der Waals surface area contributed by atoms with Crippen LogP contribution in [-0.4, -0.2) is 40.7 Å². The Balaban J connectivity index is 1.54. The van der Waals surface area contributed by atoms with Crippen LogP contribution in [0.25, 0.3) is 11.7 Å². The normalized spacial score (nSPS) is 15.5. The van der Waals surface area contributed by atoms with E-state index in [1.165, 1.54) is 22.9 Å². The quantitative estimate of drug-likeness (QED) is 0.354. The summed E-state index contributed by atoms with van der Waals surface area (Å²) in [6.07, 6.45) is 0.389. The van der Waals surface area contributed by atoms with Gasteiger partial charge in [-0.2, -0.15) is 32.8 Å². The number of rotatable bonds is 5. The van der Waals surface area contributed by atoms with Gasteiger partial charge in [0.05, 0.1) is 17.8 Å². The third-order valence-corrected chi connectivity index (χ3v) is 4.96. The number of nitrogens with one attached hydrogen (secondary N) is 3. The van der Waals surface area contributed by atoms with Crippen LogP contribution in [0.2, 0.25) is 0 Å². The molecule has 3 aromatic heterocycles. The van der Waals surface area contributed by atoms with Gasteiger partial charge in [0.15, 0.2) is 5.65 Å². The summed E-state index contributed by atoms with van der Waals surface area (Å²) in [5, 5.41) is 17.5. The maximum absolute atomic E-state index is 13.0. The molecule has 1 fully saturated rings. The van der Waals surface area contributed by atoms with Crippen LogP contribution in [0, 0.1) is 0 Å². The van der Waals surface area contributed by atoms with Gasteiger partial charge in [-0.1, -0.05) is 12.1 Å². The Morgan fingerprint density at radius 2 is 2.09 bits per heavy atom. The summed E-state index contributed by atoms with van der Waals surface area (Å²) in [5.74, 6) is -0.180. The highest BCUT2D eigenvalue weighted by atomic mass is 19.4. The Morgan fingerprint density at radius 1 is 1.27 bits per heavy atom. The molecule has 0 unspecified atom stereocenters. The van der Waals surface area contributed by atoms with Gasteiger partial charge in [0.25, 0.3) is 5.62 Å². The molecule has 4 N–H and O–H groups in total. The highest BCUT2D eigenvalue weighted by molar-refractivity contribution is 5.57. The van der Waals surface area contributed by atoms with E-state index in [2.05, 4.69) is 35.3 Å². The van der Waals surface area contributed by atoms with Gasteiger partial charge in [-0.05, 0) is 36.6 Å². The van der Waals surface area contributed by atoms with E-state index in [1.54, 1.807) is 6.07 Å². The summed E-state index contributed by atoms with van der Waals surface area (Å²) in [6.45, 7) is 0.0576. The fraction of sp³-hybridized carbons (Fsp3) is 0.250. The van der Waals surface area contributed by atoms with Gasteiger partial charge in [-0.25, -0.2) is 9.79 Å². The fourth-order valence-corrected chi connectivity index (χ4v) is 3.20. The number of alkyl halides is 3. The Hall–Kier alpha value is -4.16. The molecule has 0 spiro atoms. The second kappa shape index (κ2) is 7.76. The molecule has 0 saturated heterocycles. The molecule has 0 aliphatic heterocycles. The van der Waals surface area contributed by atoms with E-state index >= 15 is 0 Å². The third-order valence-electron chi connectivity index (χ3n) is 4.96. The first-order valence-corrected chi connectivity index (χ1v) is 9.99. The number of imidazole rings is 1. The molecule has 0 bridgehead atoms. The molecule has 0 atom stereocenters. The van der Waals surface area contributed by atoms with Crippen LogP contribution < -0.4 is 21.8 Å². The Kier molecular flexibility index (Phi) is 4.87. The lowest BCUT2D eigenvalue weighted by atomic mass is 10.1. The zero-order valence-corrected chi connectivity index (χ0v) is 16.9. The molecule has 10 nitrogen and oxygen atoms in total. The topological polar surface area (TPSA) is 136 Å². The van der Waals surface area contributed by atoms with Gasteiger partial charge < -0.3 is 15.4 Å². The van der Waals surface area contributed by atoms with Crippen LogP contribution in [0.3, 0.4) is 0 Å². The summed E-state index contributed by atoms with van der Waals surface area (Å²) in [5.41, 5.74) is -0.122. The Labute approximate surface area is 182 Å². The summed E-state index contributed by atoms with van der Waals surface area (Å²) in [7, 11) is 0. The SMILES string of the molecule is O=c1[nH]c(O)c(/C=c2\cnn3c(=NC4CC4)nc(NCc4cccc(C(F)(F)F)c4)nc23)[nH]1. The van der Waals surface area contributed by atoms with Crippen LogP contribution in [-0.2, 0) is 12.7 Å². The monoisotopic (exact) mass is 458 g/mol. The van der Waals surface area contributed by atoms with Crippen LogP contribution in [0.4, 0.5) is 19.1 Å². The maximum atomic E-state index is 13.0. The number of benzene rings is 1. The number of hydrogen-bond donors (Lipinski definition) is 4. The Morgan fingerprint density at radius 3 is 2.79 bits per heavy atom. The van der Waals surface area contributed by atoms with E-state index in [1.807, 2.05) is 0 Å². The highest BCUT2D eigenvalue weighted by Gasteiger charge is 2.30. The lowest BCUT2D eigenvalue weighted by molar-refractivity contribution is -0.137. The van der Waals surface area contributed by atoms with Crippen molar-refractivity contribution in [2.45, 2.75) is 31.6 Å². The van der Waals surface area contributed by atoms with Crippen molar-refractivity contribution >= 4 is 17.7 Å². The molecule has 33 heavy (non-hydrogen) atoms. The average Bonchev–Trinajstić information content (AvgIpc) is 3.40. The lowest BCUT2D eigenvalue weighted by Crippen LogP contribution is -2.24. The third kappa shape index (κ3) is 4.42. The molecule has 5 rings (SSSR count). The van der Waals surface area contributed by atoms with Crippen molar-refractivity contribution in [3.8, 4) is 5.88 Å². The summed E-state index contributed by atoms with van der Waals surface area (Å²) in [4.78, 5) is 29.4. The number of aromatic amines is 2. The predicted molar refractivity (Wildman–Crippen MR) is 110 cm³/mol. The van der Waals surface area contributed by atoms with Gasteiger partial charge in [0.2, 0.25) is 11.8 Å². The first-order chi connectivity index (χ1) is 15.8. The van der Waals surface area contributed by atoms with E-state index in [4.69, 9.17) is 0 Å². The molecule has 170 valence electrons. The summed E-state index contributed by atoms with van der Waals surface area (Å²) in [6, 6.07) is 5.10. The van der Waals surface area contributed by atoms with Crippen LogP contribution in [0.15, 0.2) is 40.2 Å². The van der Waals surface area contributed by atoms with E-state index in [0.717, 1.165) is 25.0 Å². The molecule has 0 radical (unpaired) electrons. The Bertz CT molecular complexity index is 1510. The van der Waals surface area contributed by atoms with Crippen molar-refractivity contribution in [3.05, 3.63) is 68.6 Å². The van der Waals surface area contributed by atoms with E-state index in [-0.39, 0.29) is 30.1 Å². The number of anilines is 1. The van der Waals surface area contributed by atoms with E-state index < -0.39 is 17.4 Å². The zero-order chi connectivity index (χ0) is 23.2. The van der Waals surface area contributed by atoms with Crippen molar-refractivity contribution in [1.82, 2.24) is 29.5 Å². The molecule has 4 aromatic rings. The van der Waals surface area contributed by atoms with Crippen molar-refractivity contribution in [2.75, 3.05) is 5.32 Å². The number of fused-ring (bicyclic) bond motifs is 1. The first-order valence-electron chi connectivity index (χ1n) is 9.99. The van der Waals surface area contributed by atoms with Crippen LogP contribution >= 0.6 is 0 Å². The van der Waals surface area contributed by atoms with Crippen LogP contribution in [0.5, 0.6) is 5.88 Å². The van der Waals surface area contributed by atoms with Gasteiger partial charge in [0.1, 0.15) is 5.69 Å². The molecule has 0 amide bonds. The number of aromatic nitrogens is 6. The highest BCUT2D eigenvalue weighted by Crippen LogP contribution is 2.29. The minimum absolute atomic E-state index is 0.0576. The molecule has 1 aliphatic carbocycles. The second-order valence-electron chi connectivity index (χ2n) is 7.58. The molecule has 1 aliphatic rings. The number of halogens is 3. The largest absolute Gasteiger partial charge is 0.493 e. The van der Waals surface area contributed by atoms with Gasteiger partial charge in [-0.15, -0.1) is 0 Å². The van der Waals surface area contributed by atoms with Gasteiger partial charge in [0, 0.05) is 11.8 Å². The summed E-state index contributed by atoms with van der Waals surface area (Å²) < 4.78 is 40.4. The smallest absolute Gasteiger partial charge is 0.416 e. The minimum Gasteiger partial charge on any atom is -0.493 e. The minimum atomic E-state index is -4.44. The van der Waals surface area contributed by atoms with Crippen molar-refractivity contribution in [1.29, 1.82) is 0 Å². The molecular weight excluding hydrogens is 441 g/mol. The summed E-state index contributed by atoms with van der Waals surface area (Å²) >= 11 is 0. The van der Waals surface area contributed by atoms with E-state index in [0.29, 0.717) is 22.0 Å². The van der Waals surface area contributed by atoms with Gasteiger partial charge in [-0.3, -0.25) is 4.98 Å². The molecule has 3 heterocycles.